The topological polar surface area (TPSA) is 61.0 Å². The molecule has 5 heteroatoms. The van der Waals surface area contributed by atoms with Crippen LogP contribution in [0.15, 0.2) is 24.4 Å². The van der Waals surface area contributed by atoms with E-state index in [1.54, 1.807) is 6.20 Å². The molecular formula is C15H20N4O. The van der Waals surface area contributed by atoms with Crippen molar-refractivity contribution >= 4 is 16.8 Å². The van der Waals surface area contributed by atoms with Gasteiger partial charge in [-0.05, 0) is 38.9 Å². The maximum atomic E-state index is 12.2. The number of amides is 1. The smallest absolute Gasteiger partial charge is 0.251 e. The van der Waals surface area contributed by atoms with Crippen LogP contribution in [0.4, 0.5) is 0 Å². The molecule has 20 heavy (non-hydrogen) atoms. The maximum absolute atomic E-state index is 12.2. The van der Waals surface area contributed by atoms with Gasteiger partial charge in [0.25, 0.3) is 5.91 Å². The third-order valence-electron chi connectivity index (χ3n) is 4.08. The highest BCUT2D eigenvalue weighted by atomic mass is 16.1. The summed E-state index contributed by atoms with van der Waals surface area (Å²) in [5, 5.41) is 10.9. The van der Waals surface area contributed by atoms with Crippen LogP contribution in [0.3, 0.4) is 0 Å². The summed E-state index contributed by atoms with van der Waals surface area (Å²) in [6.45, 7) is 2.82. The highest BCUT2D eigenvalue weighted by molar-refractivity contribution is 5.97. The van der Waals surface area contributed by atoms with Crippen molar-refractivity contribution < 1.29 is 4.79 Å². The van der Waals surface area contributed by atoms with Gasteiger partial charge in [0.05, 0.1) is 11.7 Å². The Bertz CT molecular complexity index is 617. The lowest BCUT2D eigenvalue weighted by Gasteiger charge is -2.24. The van der Waals surface area contributed by atoms with Gasteiger partial charge in [-0.3, -0.25) is 14.8 Å². The Labute approximate surface area is 118 Å². The molecule has 1 fully saturated rings. The van der Waals surface area contributed by atoms with E-state index < -0.39 is 0 Å². The molecule has 0 bridgehead atoms. The average molecular weight is 272 g/mol. The van der Waals surface area contributed by atoms with Gasteiger partial charge in [0, 0.05) is 29.6 Å². The van der Waals surface area contributed by atoms with Crippen LogP contribution in [0.1, 0.15) is 30.1 Å². The van der Waals surface area contributed by atoms with Crippen LogP contribution in [-0.4, -0.2) is 46.7 Å². The zero-order valence-corrected chi connectivity index (χ0v) is 11.9. The maximum Gasteiger partial charge on any atom is 0.251 e. The monoisotopic (exact) mass is 272 g/mol. The van der Waals surface area contributed by atoms with Crippen molar-refractivity contribution in [2.75, 3.05) is 13.6 Å². The number of aromatic amines is 1. The van der Waals surface area contributed by atoms with E-state index in [1.807, 2.05) is 18.2 Å². The molecule has 1 heterocycles. The molecular weight excluding hydrogens is 252 g/mol. The number of hydrogen-bond acceptors (Lipinski definition) is 3. The van der Waals surface area contributed by atoms with Crippen LogP contribution in [-0.2, 0) is 0 Å². The van der Waals surface area contributed by atoms with E-state index in [2.05, 4.69) is 34.4 Å². The summed E-state index contributed by atoms with van der Waals surface area (Å²) in [4.78, 5) is 14.5. The number of rotatable bonds is 5. The molecule has 1 amide bonds. The van der Waals surface area contributed by atoms with Gasteiger partial charge in [0.15, 0.2) is 0 Å². The number of nitrogens with zero attached hydrogens (tertiary/aromatic N) is 2. The van der Waals surface area contributed by atoms with Gasteiger partial charge in [-0.15, -0.1) is 0 Å². The third-order valence-corrected chi connectivity index (χ3v) is 4.08. The molecule has 2 aromatic rings. The van der Waals surface area contributed by atoms with Crippen LogP contribution in [0.5, 0.6) is 0 Å². The minimum Gasteiger partial charge on any atom is -0.350 e. The first-order valence-corrected chi connectivity index (χ1v) is 7.08. The number of aromatic nitrogens is 2. The fourth-order valence-corrected chi connectivity index (χ4v) is 2.41. The van der Waals surface area contributed by atoms with E-state index in [4.69, 9.17) is 0 Å². The quantitative estimate of drug-likeness (QED) is 0.872. The van der Waals surface area contributed by atoms with Crippen molar-refractivity contribution in [3.05, 3.63) is 30.0 Å². The highest BCUT2D eigenvalue weighted by Crippen LogP contribution is 2.26. The molecule has 0 aliphatic heterocycles. The first-order chi connectivity index (χ1) is 9.65. The molecule has 0 saturated heterocycles. The van der Waals surface area contributed by atoms with Crippen LogP contribution in [0, 0.1) is 0 Å². The molecule has 1 aromatic carbocycles. The van der Waals surface area contributed by atoms with Crippen molar-refractivity contribution in [2.24, 2.45) is 0 Å². The second kappa shape index (κ2) is 5.25. The molecule has 5 nitrogen and oxygen atoms in total. The predicted molar refractivity (Wildman–Crippen MR) is 78.7 cm³/mol. The van der Waals surface area contributed by atoms with Crippen molar-refractivity contribution in [3.8, 4) is 0 Å². The summed E-state index contributed by atoms with van der Waals surface area (Å²) in [5.41, 5.74) is 1.56. The summed E-state index contributed by atoms with van der Waals surface area (Å²) in [5.74, 6) is -0.0300. The fraction of sp³-hybridized carbons (Fsp3) is 0.467. The zero-order valence-electron chi connectivity index (χ0n) is 11.9. The minimum absolute atomic E-state index is 0.0300. The first-order valence-electron chi connectivity index (χ1n) is 7.08. The number of nitrogens with one attached hydrogen (secondary N) is 2. The highest BCUT2D eigenvalue weighted by Gasteiger charge is 2.29. The van der Waals surface area contributed by atoms with Crippen molar-refractivity contribution in [2.45, 2.75) is 31.8 Å². The zero-order chi connectivity index (χ0) is 14.1. The lowest BCUT2D eigenvalue weighted by molar-refractivity contribution is 0.0939. The van der Waals surface area contributed by atoms with Crippen molar-refractivity contribution in [1.82, 2.24) is 20.4 Å². The summed E-state index contributed by atoms with van der Waals surface area (Å²) in [6.07, 6.45) is 4.32. The lowest BCUT2D eigenvalue weighted by Crippen LogP contribution is -2.41. The SMILES string of the molecule is CC(CNC(=O)c1ccc2cn[nH]c2c1)N(C)C1CC1. The van der Waals surface area contributed by atoms with E-state index in [0.717, 1.165) is 10.9 Å². The second-order valence-corrected chi connectivity index (χ2v) is 5.63. The molecule has 1 aliphatic carbocycles. The van der Waals surface area contributed by atoms with E-state index in [-0.39, 0.29) is 5.91 Å². The summed E-state index contributed by atoms with van der Waals surface area (Å²) in [6, 6.07) is 6.66. The number of hydrogen-bond donors (Lipinski definition) is 2. The van der Waals surface area contributed by atoms with Crippen LogP contribution in [0.2, 0.25) is 0 Å². The van der Waals surface area contributed by atoms with Gasteiger partial charge < -0.3 is 5.32 Å². The third kappa shape index (κ3) is 2.67. The number of carbonyl (C=O) groups is 1. The Morgan fingerprint density at radius 1 is 1.55 bits per heavy atom. The molecule has 0 radical (unpaired) electrons. The molecule has 1 aliphatic rings. The normalized spacial score (nSPS) is 16.6. The lowest BCUT2D eigenvalue weighted by atomic mass is 10.1. The number of fused-ring (bicyclic) bond motifs is 1. The Balaban J connectivity index is 1.60. The number of benzene rings is 1. The molecule has 1 saturated carbocycles. The standard InChI is InChI=1S/C15H20N4O/c1-10(19(2)13-5-6-13)8-16-15(20)11-3-4-12-9-17-18-14(12)7-11/h3-4,7,9-10,13H,5-6,8H2,1-2H3,(H,16,20)(H,17,18). The molecule has 0 spiro atoms. The van der Waals surface area contributed by atoms with Gasteiger partial charge in [-0.1, -0.05) is 6.07 Å². The van der Waals surface area contributed by atoms with Crippen molar-refractivity contribution in [3.63, 3.8) is 0 Å². The van der Waals surface area contributed by atoms with Crippen LogP contribution in [0.25, 0.3) is 10.9 Å². The van der Waals surface area contributed by atoms with Gasteiger partial charge in [-0.25, -0.2) is 0 Å². The fourth-order valence-electron chi connectivity index (χ4n) is 2.41. The molecule has 1 atom stereocenters. The largest absolute Gasteiger partial charge is 0.350 e. The number of carbonyl (C=O) groups excluding carboxylic acids is 1. The summed E-state index contributed by atoms with van der Waals surface area (Å²) < 4.78 is 0. The van der Waals surface area contributed by atoms with Gasteiger partial charge in [0.1, 0.15) is 0 Å². The number of likely N-dealkylation sites (N-methyl/N-ethyl adjacent to an activating group) is 1. The summed E-state index contributed by atoms with van der Waals surface area (Å²) in [7, 11) is 2.13. The Hall–Kier alpha value is -1.88. The van der Waals surface area contributed by atoms with E-state index in [0.29, 0.717) is 24.2 Å². The number of H-pyrrole nitrogens is 1. The van der Waals surface area contributed by atoms with E-state index >= 15 is 0 Å². The minimum atomic E-state index is -0.0300. The molecule has 3 rings (SSSR count). The Morgan fingerprint density at radius 3 is 3.10 bits per heavy atom. The molecule has 1 unspecified atom stereocenters. The van der Waals surface area contributed by atoms with Gasteiger partial charge in [-0.2, -0.15) is 5.10 Å². The molecule has 106 valence electrons. The van der Waals surface area contributed by atoms with E-state index in [1.165, 1.54) is 12.8 Å². The molecule has 1 aromatic heterocycles. The van der Waals surface area contributed by atoms with Crippen molar-refractivity contribution in [1.29, 1.82) is 0 Å². The molecule has 2 N–H and O–H groups in total. The Morgan fingerprint density at radius 2 is 2.35 bits per heavy atom. The van der Waals surface area contributed by atoms with Crippen LogP contribution >= 0.6 is 0 Å². The second-order valence-electron chi connectivity index (χ2n) is 5.63. The van der Waals surface area contributed by atoms with Gasteiger partial charge in [0.2, 0.25) is 0 Å². The van der Waals surface area contributed by atoms with Crippen LogP contribution < -0.4 is 5.32 Å². The average Bonchev–Trinajstić information content (AvgIpc) is 3.20. The summed E-state index contributed by atoms with van der Waals surface area (Å²) >= 11 is 0. The Kier molecular flexibility index (Phi) is 3.44. The van der Waals surface area contributed by atoms with Gasteiger partial charge >= 0.3 is 0 Å². The van der Waals surface area contributed by atoms with E-state index in [9.17, 15) is 4.79 Å². The predicted octanol–water partition coefficient (Wildman–Crippen LogP) is 1.78. The first kappa shape index (κ1) is 13.1.